The first-order valence-corrected chi connectivity index (χ1v) is 5.13. The number of hydrogen-bond acceptors (Lipinski definition) is 6. The summed E-state index contributed by atoms with van der Waals surface area (Å²) >= 11 is 0. The molecule has 19 heavy (non-hydrogen) atoms. The van der Waals surface area contributed by atoms with E-state index in [0.29, 0.717) is 0 Å². The molecule has 7 nitrogen and oxygen atoms in total. The van der Waals surface area contributed by atoms with Crippen LogP contribution in [-0.2, 0) is 28.7 Å². The van der Waals surface area contributed by atoms with Gasteiger partial charge in [-0.05, 0) is 6.92 Å². The van der Waals surface area contributed by atoms with Gasteiger partial charge in [-0.2, -0.15) is 0 Å². The Bertz CT molecular complexity index is 357. The fraction of sp³-hybridized carbons (Fsp3) is 0.333. The van der Waals surface area contributed by atoms with Crippen LogP contribution in [0.15, 0.2) is 25.3 Å². The molecule has 0 amide bonds. The first-order valence-electron chi connectivity index (χ1n) is 5.13. The van der Waals surface area contributed by atoms with Crippen molar-refractivity contribution in [2.45, 2.75) is 13.3 Å². The van der Waals surface area contributed by atoms with Gasteiger partial charge in [-0.25, -0.2) is 9.59 Å². The second kappa shape index (κ2) is 12.0. The van der Waals surface area contributed by atoms with Gasteiger partial charge in [-0.1, -0.05) is 13.2 Å². The lowest BCUT2D eigenvalue weighted by atomic mass is 10.3. The molecule has 0 rings (SSSR count). The standard InChI is InChI=1S/C9H12O5.C3H4O2/c1-3-8(11)13-4-5-14-9(12)6-7(2)10;1-2-3(4)5/h3H,1,4-6H2,2H3;2H,1H2,(H,4,5). The molecule has 0 aromatic rings. The van der Waals surface area contributed by atoms with Gasteiger partial charge in [0.15, 0.2) is 0 Å². The normalized spacial score (nSPS) is 8.26. The summed E-state index contributed by atoms with van der Waals surface area (Å²) in [6, 6.07) is 0. The van der Waals surface area contributed by atoms with E-state index in [-0.39, 0.29) is 25.4 Å². The van der Waals surface area contributed by atoms with Gasteiger partial charge >= 0.3 is 17.9 Å². The molecule has 0 bridgehead atoms. The largest absolute Gasteiger partial charge is 0.478 e. The number of rotatable bonds is 7. The van der Waals surface area contributed by atoms with Crippen LogP contribution in [0.5, 0.6) is 0 Å². The smallest absolute Gasteiger partial charge is 0.330 e. The van der Waals surface area contributed by atoms with E-state index in [1.807, 2.05) is 0 Å². The van der Waals surface area contributed by atoms with Crippen LogP contribution in [0.4, 0.5) is 0 Å². The average molecular weight is 272 g/mol. The Morgan fingerprint density at radius 3 is 1.89 bits per heavy atom. The molecular weight excluding hydrogens is 256 g/mol. The molecule has 106 valence electrons. The first-order chi connectivity index (χ1) is 8.83. The Morgan fingerprint density at radius 2 is 1.53 bits per heavy atom. The summed E-state index contributed by atoms with van der Waals surface area (Å²) < 4.78 is 9.10. The molecule has 0 aromatic heterocycles. The fourth-order valence-electron chi connectivity index (χ4n) is 0.611. The van der Waals surface area contributed by atoms with Crippen LogP contribution in [0.25, 0.3) is 0 Å². The van der Waals surface area contributed by atoms with Gasteiger partial charge < -0.3 is 14.6 Å². The predicted octanol–water partition coefficient (Wildman–Crippen LogP) is 0.495. The Kier molecular flexibility index (Phi) is 12.0. The maximum Gasteiger partial charge on any atom is 0.330 e. The molecule has 0 spiro atoms. The quantitative estimate of drug-likeness (QED) is 0.311. The molecule has 0 fully saturated rings. The van der Waals surface area contributed by atoms with Crippen molar-refractivity contribution in [2.75, 3.05) is 13.2 Å². The second-order valence-corrected chi connectivity index (χ2v) is 3.01. The van der Waals surface area contributed by atoms with E-state index in [0.717, 1.165) is 12.2 Å². The molecule has 0 radical (unpaired) electrons. The van der Waals surface area contributed by atoms with E-state index in [2.05, 4.69) is 22.6 Å². The van der Waals surface area contributed by atoms with Crippen LogP contribution in [0, 0.1) is 0 Å². The minimum absolute atomic E-state index is 0.0332. The van der Waals surface area contributed by atoms with Gasteiger partial charge in [0.2, 0.25) is 0 Å². The summed E-state index contributed by atoms with van der Waals surface area (Å²) in [7, 11) is 0. The van der Waals surface area contributed by atoms with E-state index in [9.17, 15) is 19.2 Å². The highest BCUT2D eigenvalue weighted by Crippen LogP contribution is 1.88. The molecule has 1 N–H and O–H groups in total. The number of carboxylic acids is 1. The van der Waals surface area contributed by atoms with Gasteiger partial charge in [0.25, 0.3) is 0 Å². The van der Waals surface area contributed by atoms with Gasteiger partial charge in [0, 0.05) is 12.2 Å². The minimum Gasteiger partial charge on any atom is -0.478 e. The molecule has 7 heteroatoms. The molecule has 0 aliphatic carbocycles. The van der Waals surface area contributed by atoms with Crippen molar-refractivity contribution >= 4 is 23.7 Å². The summed E-state index contributed by atoms with van der Waals surface area (Å²) in [5.74, 6) is -2.44. The van der Waals surface area contributed by atoms with E-state index in [4.69, 9.17) is 5.11 Å². The van der Waals surface area contributed by atoms with Gasteiger partial charge in [0.05, 0.1) is 0 Å². The first kappa shape index (κ1) is 18.9. The molecule has 0 saturated heterocycles. The second-order valence-electron chi connectivity index (χ2n) is 3.01. The number of ketones is 1. The highest BCUT2D eigenvalue weighted by molar-refractivity contribution is 5.94. The van der Waals surface area contributed by atoms with Crippen LogP contribution in [0.2, 0.25) is 0 Å². The fourth-order valence-corrected chi connectivity index (χ4v) is 0.611. The number of carboxylic acid groups (broad SMARTS) is 1. The lowest BCUT2D eigenvalue weighted by Gasteiger charge is -2.03. The van der Waals surface area contributed by atoms with Crippen molar-refractivity contribution in [2.24, 2.45) is 0 Å². The molecule has 0 aromatic carbocycles. The van der Waals surface area contributed by atoms with Crippen LogP contribution >= 0.6 is 0 Å². The monoisotopic (exact) mass is 272 g/mol. The summed E-state index contributed by atoms with van der Waals surface area (Å²) in [6.45, 7) is 7.36. The highest BCUT2D eigenvalue weighted by atomic mass is 16.6. The summed E-state index contributed by atoms with van der Waals surface area (Å²) in [5.41, 5.74) is 0. The SMILES string of the molecule is C=CC(=O)O.C=CC(=O)OCCOC(=O)CC(C)=O. The number of hydrogen-bond donors (Lipinski definition) is 1. The van der Waals surface area contributed by atoms with Crippen LogP contribution in [0.3, 0.4) is 0 Å². The van der Waals surface area contributed by atoms with Crippen LogP contribution < -0.4 is 0 Å². The zero-order valence-corrected chi connectivity index (χ0v) is 10.6. The maximum absolute atomic E-state index is 10.8. The lowest BCUT2D eigenvalue weighted by molar-refractivity contribution is -0.151. The third kappa shape index (κ3) is 18.1. The molecule has 0 unspecified atom stereocenters. The molecule has 0 aliphatic heterocycles. The van der Waals surface area contributed by atoms with Gasteiger partial charge in [0.1, 0.15) is 25.4 Å². The summed E-state index contributed by atoms with van der Waals surface area (Å²) in [6.07, 6.45) is 1.59. The average Bonchev–Trinajstić information content (AvgIpc) is 2.34. The number of Topliss-reactive ketones (excluding diaryl/α,β-unsaturated/α-hetero) is 1. The van der Waals surface area contributed by atoms with Crippen LogP contribution in [0.1, 0.15) is 13.3 Å². The number of ether oxygens (including phenoxy) is 2. The van der Waals surface area contributed by atoms with Crippen molar-refractivity contribution < 1.29 is 33.8 Å². The van der Waals surface area contributed by atoms with Crippen molar-refractivity contribution in [3.8, 4) is 0 Å². The molecule has 0 saturated carbocycles. The third-order valence-corrected chi connectivity index (χ3v) is 1.33. The molecule has 0 heterocycles. The summed E-state index contributed by atoms with van der Waals surface area (Å²) in [5, 5.41) is 7.60. The Labute approximate surface area is 110 Å². The molecular formula is C12H16O7. The predicted molar refractivity (Wildman–Crippen MR) is 65.2 cm³/mol. The van der Waals surface area contributed by atoms with Crippen molar-refractivity contribution in [3.05, 3.63) is 25.3 Å². The Hall–Kier alpha value is -2.44. The maximum atomic E-state index is 10.8. The number of carbonyl (C=O) groups is 4. The third-order valence-electron chi connectivity index (χ3n) is 1.33. The Morgan fingerprint density at radius 1 is 1.05 bits per heavy atom. The highest BCUT2D eigenvalue weighted by Gasteiger charge is 2.06. The van der Waals surface area contributed by atoms with Gasteiger partial charge in [-0.3, -0.25) is 9.59 Å². The molecule has 0 atom stereocenters. The topological polar surface area (TPSA) is 107 Å². The number of carbonyl (C=O) groups excluding carboxylic acids is 3. The van der Waals surface area contributed by atoms with Gasteiger partial charge in [-0.15, -0.1) is 0 Å². The minimum atomic E-state index is -0.981. The zero-order chi connectivity index (χ0) is 15.3. The van der Waals surface area contributed by atoms with Crippen molar-refractivity contribution in [1.29, 1.82) is 0 Å². The molecule has 0 aliphatic rings. The van der Waals surface area contributed by atoms with E-state index >= 15 is 0 Å². The summed E-state index contributed by atoms with van der Waals surface area (Å²) in [4.78, 5) is 41.0. The van der Waals surface area contributed by atoms with E-state index in [1.165, 1.54) is 6.92 Å². The number of aliphatic carboxylic acids is 1. The van der Waals surface area contributed by atoms with E-state index < -0.39 is 17.9 Å². The van der Waals surface area contributed by atoms with Crippen LogP contribution in [-0.4, -0.2) is 42.0 Å². The zero-order valence-electron chi connectivity index (χ0n) is 10.6. The van der Waals surface area contributed by atoms with Crippen molar-refractivity contribution in [1.82, 2.24) is 0 Å². The Balaban J connectivity index is 0. The lowest BCUT2D eigenvalue weighted by Crippen LogP contribution is -2.14. The van der Waals surface area contributed by atoms with E-state index in [1.54, 1.807) is 0 Å². The number of esters is 2. The van der Waals surface area contributed by atoms with Crippen molar-refractivity contribution in [3.63, 3.8) is 0 Å².